The van der Waals surface area contributed by atoms with Crippen molar-refractivity contribution in [3.63, 3.8) is 0 Å². The molecule has 0 bridgehead atoms. The van der Waals surface area contributed by atoms with Crippen molar-refractivity contribution in [3.8, 4) is 6.07 Å². The van der Waals surface area contributed by atoms with E-state index in [-0.39, 0.29) is 11.5 Å². The lowest BCUT2D eigenvalue weighted by Crippen LogP contribution is -2.44. The third-order valence-corrected chi connectivity index (χ3v) is 3.81. The van der Waals surface area contributed by atoms with Crippen LogP contribution in [0.2, 0.25) is 0 Å². The number of aliphatic imine (C=N–C) groups is 1. The number of piperidine rings is 1. The van der Waals surface area contributed by atoms with Crippen molar-refractivity contribution in [1.82, 2.24) is 4.90 Å². The van der Waals surface area contributed by atoms with Gasteiger partial charge in [0.25, 0.3) is 0 Å². The topological polar surface area (TPSA) is 39.4 Å². The molecule has 0 spiro atoms. The van der Waals surface area contributed by atoms with Crippen LogP contribution in [-0.2, 0) is 0 Å². The van der Waals surface area contributed by atoms with Gasteiger partial charge in [0.15, 0.2) is 0 Å². The van der Waals surface area contributed by atoms with E-state index < -0.39 is 0 Å². The molecule has 0 saturated carbocycles. The largest absolute Gasteiger partial charge is 0.303 e. The summed E-state index contributed by atoms with van der Waals surface area (Å²) in [5.41, 5.74) is -0.251. The van der Waals surface area contributed by atoms with Gasteiger partial charge in [0, 0.05) is 12.6 Å². The highest BCUT2D eigenvalue weighted by Gasteiger charge is 2.40. The van der Waals surface area contributed by atoms with Crippen LogP contribution < -0.4 is 0 Å². The molecule has 0 aromatic heterocycles. The van der Waals surface area contributed by atoms with Crippen molar-refractivity contribution in [3.05, 3.63) is 12.2 Å². The number of allylic oxidation sites excluding steroid dienone is 1. The second kappa shape index (κ2) is 4.80. The lowest BCUT2D eigenvalue weighted by molar-refractivity contribution is 0.140. The van der Waals surface area contributed by atoms with E-state index in [0.717, 1.165) is 38.9 Å². The zero-order chi connectivity index (χ0) is 11.4. The lowest BCUT2D eigenvalue weighted by Gasteiger charge is -2.39. The third kappa shape index (κ3) is 2.03. The molecule has 2 aliphatic heterocycles. The first kappa shape index (κ1) is 11.3. The molecular weight excluding hydrogens is 198 g/mol. The molecule has 3 heteroatoms. The molecule has 1 fully saturated rings. The fourth-order valence-electron chi connectivity index (χ4n) is 2.56. The van der Waals surface area contributed by atoms with Gasteiger partial charge in [-0.25, -0.2) is 0 Å². The van der Waals surface area contributed by atoms with Gasteiger partial charge in [0.05, 0.1) is 17.5 Å². The molecule has 1 saturated heterocycles. The van der Waals surface area contributed by atoms with E-state index >= 15 is 0 Å². The number of nitrogens with zero attached hydrogens (tertiary/aromatic N) is 3. The van der Waals surface area contributed by atoms with Gasteiger partial charge in [-0.05, 0) is 32.5 Å². The second-order valence-corrected chi connectivity index (χ2v) is 4.64. The van der Waals surface area contributed by atoms with Gasteiger partial charge in [-0.3, -0.25) is 4.99 Å². The highest BCUT2D eigenvalue weighted by atomic mass is 15.1. The molecule has 1 atom stereocenters. The second-order valence-electron chi connectivity index (χ2n) is 4.64. The summed E-state index contributed by atoms with van der Waals surface area (Å²) in [6, 6.07) is 2.63. The number of hydrogen-bond acceptors (Lipinski definition) is 3. The molecule has 0 aromatic carbocycles. The van der Waals surface area contributed by atoms with Crippen LogP contribution in [0.5, 0.6) is 0 Å². The maximum absolute atomic E-state index is 9.48. The molecule has 2 aliphatic rings. The van der Waals surface area contributed by atoms with Crippen molar-refractivity contribution >= 4 is 6.21 Å². The predicted octanol–water partition coefficient (Wildman–Crippen LogP) is 2.01. The summed E-state index contributed by atoms with van der Waals surface area (Å²) in [5, 5.41) is 9.48. The van der Waals surface area contributed by atoms with Gasteiger partial charge < -0.3 is 4.90 Å². The minimum atomic E-state index is -0.251. The Labute approximate surface area is 97.5 Å². The fourth-order valence-corrected chi connectivity index (χ4v) is 2.56. The Hall–Kier alpha value is -1.14. The summed E-state index contributed by atoms with van der Waals surface area (Å²) < 4.78 is 0. The highest BCUT2D eigenvalue weighted by Crippen LogP contribution is 2.37. The Morgan fingerprint density at radius 1 is 1.50 bits per heavy atom. The first-order chi connectivity index (χ1) is 7.80. The smallest absolute Gasteiger partial charge is 0.0863 e. The lowest BCUT2D eigenvalue weighted by atomic mass is 9.73. The van der Waals surface area contributed by atoms with Gasteiger partial charge in [-0.1, -0.05) is 19.1 Å². The van der Waals surface area contributed by atoms with Crippen LogP contribution in [-0.4, -0.2) is 36.8 Å². The summed E-state index contributed by atoms with van der Waals surface area (Å²) in [5.74, 6) is 0. The van der Waals surface area contributed by atoms with Crippen molar-refractivity contribution in [2.75, 3.05) is 19.6 Å². The van der Waals surface area contributed by atoms with E-state index in [9.17, 15) is 5.26 Å². The zero-order valence-corrected chi connectivity index (χ0v) is 9.89. The summed E-state index contributed by atoms with van der Waals surface area (Å²) in [4.78, 5) is 6.90. The van der Waals surface area contributed by atoms with Gasteiger partial charge >= 0.3 is 0 Å². The van der Waals surface area contributed by atoms with Crippen molar-refractivity contribution in [2.24, 2.45) is 10.4 Å². The molecule has 3 nitrogen and oxygen atoms in total. The quantitative estimate of drug-likeness (QED) is 0.664. The summed E-state index contributed by atoms with van der Waals surface area (Å²) in [7, 11) is 0. The average Bonchev–Trinajstić information content (AvgIpc) is 2.40. The molecule has 0 radical (unpaired) electrons. The number of hydrogen-bond donors (Lipinski definition) is 0. The van der Waals surface area contributed by atoms with E-state index in [0.29, 0.717) is 0 Å². The van der Waals surface area contributed by atoms with Gasteiger partial charge in [-0.2, -0.15) is 5.26 Å². The van der Waals surface area contributed by atoms with E-state index in [4.69, 9.17) is 0 Å². The maximum Gasteiger partial charge on any atom is 0.0863 e. The number of rotatable bonds is 2. The van der Waals surface area contributed by atoms with E-state index in [1.165, 1.54) is 0 Å². The number of dihydropyridines is 1. The van der Waals surface area contributed by atoms with Crippen LogP contribution in [0.25, 0.3) is 0 Å². The molecular formula is C13H19N3. The predicted molar refractivity (Wildman–Crippen MR) is 65.4 cm³/mol. The van der Waals surface area contributed by atoms with Crippen molar-refractivity contribution in [2.45, 2.75) is 32.2 Å². The summed E-state index contributed by atoms with van der Waals surface area (Å²) in [6.45, 7) is 5.33. The van der Waals surface area contributed by atoms with Crippen molar-refractivity contribution < 1.29 is 0 Å². The Bertz CT molecular complexity index is 318. The van der Waals surface area contributed by atoms with Crippen LogP contribution in [0, 0.1) is 16.7 Å². The number of likely N-dealkylation sites (tertiary alicyclic amines) is 1. The van der Waals surface area contributed by atoms with Gasteiger partial charge in [0.2, 0.25) is 0 Å². The van der Waals surface area contributed by atoms with Gasteiger partial charge in [-0.15, -0.1) is 0 Å². The average molecular weight is 217 g/mol. The van der Waals surface area contributed by atoms with Crippen LogP contribution >= 0.6 is 0 Å². The Kier molecular flexibility index (Phi) is 3.40. The minimum Gasteiger partial charge on any atom is -0.303 e. The van der Waals surface area contributed by atoms with E-state index in [1.807, 2.05) is 6.21 Å². The molecule has 86 valence electrons. The molecule has 16 heavy (non-hydrogen) atoms. The molecule has 0 amide bonds. The number of nitriles is 1. The molecule has 0 aliphatic carbocycles. The zero-order valence-electron chi connectivity index (χ0n) is 9.89. The molecule has 2 heterocycles. The molecule has 2 rings (SSSR count). The molecule has 0 aromatic rings. The van der Waals surface area contributed by atoms with Crippen LogP contribution in [0.15, 0.2) is 17.1 Å². The van der Waals surface area contributed by atoms with E-state index in [1.54, 1.807) is 0 Å². The van der Waals surface area contributed by atoms with E-state index in [2.05, 4.69) is 35.0 Å². The molecule has 1 unspecified atom stereocenters. The third-order valence-electron chi connectivity index (χ3n) is 3.81. The Morgan fingerprint density at radius 3 is 2.75 bits per heavy atom. The summed E-state index contributed by atoms with van der Waals surface area (Å²) in [6.07, 6.45) is 9.00. The Balaban J connectivity index is 2.09. The monoisotopic (exact) mass is 217 g/mol. The first-order valence-corrected chi connectivity index (χ1v) is 6.12. The van der Waals surface area contributed by atoms with Gasteiger partial charge in [0.1, 0.15) is 0 Å². The van der Waals surface area contributed by atoms with Crippen molar-refractivity contribution in [1.29, 1.82) is 5.26 Å². The highest BCUT2D eigenvalue weighted by molar-refractivity contribution is 5.61. The first-order valence-electron chi connectivity index (χ1n) is 6.12. The van der Waals surface area contributed by atoms with Crippen LogP contribution in [0.1, 0.15) is 26.2 Å². The Morgan fingerprint density at radius 2 is 2.25 bits per heavy atom. The van der Waals surface area contributed by atoms with Crippen LogP contribution in [0.3, 0.4) is 0 Å². The standard InChI is InChI=1S/C13H19N3/c1-2-16-9-6-13(11-14,7-10-16)12-5-3-4-8-15-12/h3,5,8,12H,2,4,6-7,9-10H2,1H3. The maximum atomic E-state index is 9.48. The molecule has 0 N–H and O–H groups in total. The summed E-state index contributed by atoms with van der Waals surface area (Å²) >= 11 is 0. The SMILES string of the molecule is CCN1CCC(C#N)(C2C=CCC=N2)CC1. The normalized spacial score (nSPS) is 28.9. The van der Waals surface area contributed by atoms with Crippen LogP contribution in [0.4, 0.5) is 0 Å². The minimum absolute atomic E-state index is 0.0882. The fraction of sp³-hybridized carbons (Fsp3) is 0.692.